The summed E-state index contributed by atoms with van der Waals surface area (Å²) in [5.41, 5.74) is 3.78. The Labute approximate surface area is 158 Å². The fourth-order valence-electron chi connectivity index (χ4n) is 3.00. The number of carbonyl (C=O) groups excluding carboxylic acids is 2. The molecule has 1 aromatic carbocycles. The van der Waals surface area contributed by atoms with Crippen molar-refractivity contribution in [2.24, 2.45) is 0 Å². The molecule has 0 bridgehead atoms. The fraction of sp³-hybridized carbons (Fsp3) is 0.526. The van der Waals surface area contributed by atoms with E-state index in [4.69, 9.17) is 9.84 Å². The van der Waals surface area contributed by atoms with Gasteiger partial charge in [0.05, 0.1) is 12.6 Å². The minimum absolute atomic E-state index is 0.263. The second-order valence-electron chi connectivity index (χ2n) is 6.52. The average molecular weight is 377 g/mol. The van der Waals surface area contributed by atoms with E-state index in [0.717, 1.165) is 5.56 Å². The van der Waals surface area contributed by atoms with Gasteiger partial charge in [-0.2, -0.15) is 0 Å². The quantitative estimate of drug-likeness (QED) is 0.544. The Hall–Kier alpha value is -2.45. The third kappa shape index (κ3) is 6.04. The highest BCUT2D eigenvalue weighted by Crippen LogP contribution is 2.10. The monoisotopic (exact) mass is 377 g/mol. The second-order valence-corrected chi connectivity index (χ2v) is 6.52. The van der Waals surface area contributed by atoms with Gasteiger partial charge < -0.3 is 9.84 Å². The minimum atomic E-state index is -0.988. The number of aliphatic carboxylic acids is 1. The molecule has 1 amide bonds. The van der Waals surface area contributed by atoms with E-state index in [-0.39, 0.29) is 12.5 Å². The van der Waals surface area contributed by atoms with Gasteiger partial charge in [0, 0.05) is 6.54 Å². The first-order valence-electron chi connectivity index (χ1n) is 9.19. The zero-order valence-corrected chi connectivity index (χ0v) is 15.7. The van der Waals surface area contributed by atoms with Crippen LogP contribution < -0.4 is 10.7 Å². The highest BCUT2D eigenvalue weighted by molar-refractivity contribution is 5.84. The van der Waals surface area contributed by atoms with Crippen LogP contribution >= 0.6 is 0 Å². The lowest BCUT2D eigenvalue weighted by atomic mass is 10.0. The van der Waals surface area contributed by atoms with E-state index >= 15 is 0 Å². The molecule has 0 aliphatic carbocycles. The average Bonchev–Trinajstić information content (AvgIpc) is 3.15. The largest absolute Gasteiger partial charge is 0.480 e. The number of carboxylic acids is 1. The lowest BCUT2D eigenvalue weighted by Gasteiger charge is -2.25. The Morgan fingerprint density at radius 2 is 2.04 bits per heavy atom. The first-order valence-corrected chi connectivity index (χ1v) is 9.19. The van der Waals surface area contributed by atoms with Crippen LogP contribution in [0.4, 0.5) is 0 Å². The molecular formula is C19H27N3O5. The highest BCUT2D eigenvalue weighted by Gasteiger charge is 2.33. The lowest BCUT2D eigenvalue weighted by Crippen LogP contribution is -2.54. The van der Waals surface area contributed by atoms with Gasteiger partial charge in [0.2, 0.25) is 0 Å². The van der Waals surface area contributed by atoms with Gasteiger partial charge >= 0.3 is 11.9 Å². The minimum Gasteiger partial charge on any atom is -0.480 e. The molecule has 1 heterocycles. The molecule has 8 nitrogen and oxygen atoms in total. The number of carbonyl (C=O) groups is 3. The van der Waals surface area contributed by atoms with Crippen molar-refractivity contribution in [1.29, 1.82) is 0 Å². The second kappa shape index (κ2) is 10.0. The van der Waals surface area contributed by atoms with Crippen LogP contribution in [0.15, 0.2) is 30.3 Å². The van der Waals surface area contributed by atoms with Gasteiger partial charge in [-0.25, -0.2) is 5.43 Å². The van der Waals surface area contributed by atoms with E-state index in [1.807, 2.05) is 30.3 Å². The van der Waals surface area contributed by atoms with Crippen molar-refractivity contribution < 1.29 is 24.2 Å². The number of nitrogens with zero attached hydrogens (tertiary/aromatic N) is 1. The number of ether oxygens (including phenoxy) is 1. The molecule has 8 heteroatoms. The summed E-state index contributed by atoms with van der Waals surface area (Å²) in [5.74, 6) is -1.68. The standard InChI is InChI=1S/C19H27N3O5/c1-3-27-19(26)16(10-9-14-7-5-4-6-8-14)20-13(2)17(23)22-12-11-15(21-22)18(24)25/h4-8,13,15-16,20-21H,3,9-12H2,1-2H3,(H,24,25)/t13-,15?,16-/m0/s1. The molecular weight excluding hydrogens is 350 g/mol. The van der Waals surface area contributed by atoms with Gasteiger partial charge in [0.25, 0.3) is 5.91 Å². The third-order valence-electron chi connectivity index (χ3n) is 4.47. The molecule has 0 spiro atoms. The van der Waals surface area contributed by atoms with E-state index in [2.05, 4.69) is 10.7 Å². The molecule has 0 radical (unpaired) electrons. The van der Waals surface area contributed by atoms with Crippen molar-refractivity contribution in [1.82, 2.24) is 15.8 Å². The molecule has 1 aromatic rings. The normalized spacial score (nSPS) is 18.7. The van der Waals surface area contributed by atoms with Crippen molar-refractivity contribution in [3.63, 3.8) is 0 Å². The van der Waals surface area contributed by atoms with Crippen LogP contribution in [0, 0.1) is 0 Å². The maximum Gasteiger partial charge on any atom is 0.323 e. The zero-order chi connectivity index (χ0) is 19.8. The summed E-state index contributed by atoms with van der Waals surface area (Å²) in [6, 6.07) is 7.72. The molecule has 1 aliphatic heterocycles. The number of hydrogen-bond acceptors (Lipinski definition) is 6. The molecule has 3 atom stereocenters. The lowest BCUT2D eigenvalue weighted by molar-refractivity contribution is -0.146. The van der Waals surface area contributed by atoms with E-state index in [0.29, 0.717) is 25.8 Å². The van der Waals surface area contributed by atoms with E-state index in [9.17, 15) is 14.4 Å². The van der Waals surface area contributed by atoms with E-state index < -0.39 is 30.1 Å². The molecule has 3 N–H and O–H groups in total. The molecule has 0 aromatic heterocycles. The van der Waals surface area contributed by atoms with Crippen molar-refractivity contribution in [2.75, 3.05) is 13.2 Å². The summed E-state index contributed by atoms with van der Waals surface area (Å²) < 4.78 is 5.13. The van der Waals surface area contributed by atoms with E-state index in [1.165, 1.54) is 5.01 Å². The Morgan fingerprint density at radius 1 is 1.33 bits per heavy atom. The fourth-order valence-corrected chi connectivity index (χ4v) is 3.00. The van der Waals surface area contributed by atoms with Gasteiger partial charge in [-0.1, -0.05) is 30.3 Å². The number of benzene rings is 1. The summed E-state index contributed by atoms with van der Waals surface area (Å²) in [5, 5.41) is 13.4. The first kappa shape index (κ1) is 20.9. The van der Waals surface area contributed by atoms with Crippen LogP contribution in [0.3, 0.4) is 0 Å². The molecule has 2 rings (SSSR count). The van der Waals surface area contributed by atoms with Crippen LogP contribution in [-0.4, -0.2) is 59.2 Å². The van der Waals surface area contributed by atoms with Crippen LogP contribution in [0.2, 0.25) is 0 Å². The summed E-state index contributed by atoms with van der Waals surface area (Å²) in [6.45, 7) is 3.97. The zero-order valence-electron chi connectivity index (χ0n) is 15.7. The predicted octanol–water partition coefficient (Wildman–Crippen LogP) is 0.719. The maximum atomic E-state index is 12.6. The summed E-state index contributed by atoms with van der Waals surface area (Å²) in [4.78, 5) is 35.9. The van der Waals surface area contributed by atoms with Gasteiger partial charge in [-0.05, 0) is 38.7 Å². The van der Waals surface area contributed by atoms with Crippen LogP contribution in [0.1, 0.15) is 32.3 Å². The highest BCUT2D eigenvalue weighted by atomic mass is 16.5. The topological polar surface area (TPSA) is 108 Å². The van der Waals surface area contributed by atoms with Gasteiger partial charge in [-0.3, -0.25) is 24.7 Å². The number of esters is 1. The molecule has 148 valence electrons. The SMILES string of the molecule is CCOC(=O)[C@H](CCc1ccccc1)N[C@@H](C)C(=O)N1CCC(C(=O)O)N1. The Morgan fingerprint density at radius 3 is 2.63 bits per heavy atom. The van der Waals surface area contributed by atoms with Crippen LogP contribution in [0.5, 0.6) is 0 Å². The van der Waals surface area contributed by atoms with Crippen molar-refractivity contribution >= 4 is 17.8 Å². The van der Waals surface area contributed by atoms with Crippen LogP contribution in [0.25, 0.3) is 0 Å². The summed E-state index contributed by atoms with van der Waals surface area (Å²) in [6.07, 6.45) is 1.51. The molecule has 1 unspecified atom stereocenters. The van der Waals surface area contributed by atoms with E-state index in [1.54, 1.807) is 13.8 Å². The number of aryl methyl sites for hydroxylation is 1. The third-order valence-corrected chi connectivity index (χ3v) is 4.47. The van der Waals surface area contributed by atoms with Gasteiger partial charge in [-0.15, -0.1) is 0 Å². The van der Waals surface area contributed by atoms with Crippen molar-refractivity contribution in [2.45, 2.75) is 51.2 Å². The summed E-state index contributed by atoms with van der Waals surface area (Å²) >= 11 is 0. The Kier molecular flexibility index (Phi) is 7.75. The van der Waals surface area contributed by atoms with Gasteiger partial charge in [0.15, 0.2) is 0 Å². The number of nitrogens with one attached hydrogen (secondary N) is 2. The smallest absolute Gasteiger partial charge is 0.323 e. The van der Waals surface area contributed by atoms with Crippen molar-refractivity contribution in [3.8, 4) is 0 Å². The summed E-state index contributed by atoms with van der Waals surface area (Å²) in [7, 11) is 0. The molecule has 1 saturated heterocycles. The predicted molar refractivity (Wildman–Crippen MR) is 98.7 cm³/mol. The Bertz CT molecular complexity index is 652. The number of carboxylic acid groups (broad SMARTS) is 1. The van der Waals surface area contributed by atoms with Crippen LogP contribution in [-0.2, 0) is 25.5 Å². The maximum absolute atomic E-state index is 12.6. The number of amides is 1. The van der Waals surface area contributed by atoms with Crippen molar-refractivity contribution in [3.05, 3.63) is 35.9 Å². The molecule has 1 fully saturated rings. The first-order chi connectivity index (χ1) is 12.9. The number of hydrogen-bond donors (Lipinski definition) is 3. The number of rotatable bonds is 9. The number of hydrazine groups is 1. The molecule has 1 aliphatic rings. The molecule has 0 saturated carbocycles. The molecule has 27 heavy (non-hydrogen) atoms. The Balaban J connectivity index is 1.95. The van der Waals surface area contributed by atoms with Gasteiger partial charge in [0.1, 0.15) is 12.1 Å².